The highest BCUT2D eigenvalue weighted by molar-refractivity contribution is 14.0. The van der Waals surface area contributed by atoms with Crippen molar-refractivity contribution in [2.45, 2.75) is 25.6 Å². The van der Waals surface area contributed by atoms with Gasteiger partial charge in [-0.25, -0.2) is 13.4 Å². The number of sulfone groups is 1. The lowest BCUT2D eigenvalue weighted by molar-refractivity contribution is 0.601. The van der Waals surface area contributed by atoms with E-state index in [0.717, 1.165) is 42.1 Å². The van der Waals surface area contributed by atoms with Gasteiger partial charge in [-0.05, 0) is 36.1 Å². The van der Waals surface area contributed by atoms with E-state index in [1.165, 1.54) is 17.2 Å². The van der Waals surface area contributed by atoms with Gasteiger partial charge >= 0.3 is 0 Å². The number of aromatic amines is 1. The fourth-order valence-corrected chi connectivity index (χ4v) is 4.01. The molecule has 1 heterocycles. The molecule has 0 spiro atoms. The summed E-state index contributed by atoms with van der Waals surface area (Å²) in [7, 11) is -3.02. The van der Waals surface area contributed by atoms with E-state index in [2.05, 4.69) is 45.0 Å². The molecule has 1 aromatic heterocycles. The number of rotatable bonds is 8. The maximum absolute atomic E-state index is 11.4. The van der Waals surface area contributed by atoms with Crippen molar-refractivity contribution in [1.29, 1.82) is 0 Å². The summed E-state index contributed by atoms with van der Waals surface area (Å²) in [4.78, 5) is 7.94. The first-order chi connectivity index (χ1) is 13.9. The molecule has 0 bridgehead atoms. The number of nitrogens with zero attached hydrogens (tertiary/aromatic N) is 1. The van der Waals surface area contributed by atoms with Crippen LogP contribution >= 0.6 is 24.0 Å². The van der Waals surface area contributed by atoms with Crippen LogP contribution in [0.1, 0.15) is 23.6 Å². The molecular weight excluding hydrogens is 511 g/mol. The number of nitrogens with one attached hydrogen (secondary N) is 3. The molecule has 3 N–H and O–H groups in total. The number of benzene rings is 2. The van der Waals surface area contributed by atoms with Crippen molar-refractivity contribution < 1.29 is 8.42 Å². The van der Waals surface area contributed by atoms with E-state index in [9.17, 15) is 8.42 Å². The Morgan fingerprint density at radius 1 is 1.03 bits per heavy atom. The first-order valence-electron chi connectivity index (χ1n) is 9.77. The van der Waals surface area contributed by atoms with Crippen LogP contribution in [-0.4, -0.2) is 38.7 Å². The summed E-state index contributed by atoms with van der Waals surface area (Å²) in [5.41, 5.74) is 4.27. The molecular formula is C22H29IN4O2S. The zero-order chi connectivity index (χ0) is 20.7. The van der Waals surface area contributed by atoms with E-state index >= 15 is 0 Å². The molecule has 0 fully saturated rings. The number of hydrogen-bond donors (Lipinski definition) is 3. The highest BCUT2D eigenvalue weighted by Crippen LogP contribution is 2.17. The Morgan fingerprint density at radius 3 is 2.43 bits per heavy atom. The predicted molar refractivity (Wildman–Crippen MR) is 135 cm³/mol. The molecule has 0 amide bonds. The van der Waals surface area contributed by atoms with Crippen LogP contribution in [0.25, 0.3) is 10.9 Å². The molecule has 3 aromatic rings. The highest BCUT2D eigenvalue weighted by Gasteiger charge is 2.05. The zero-order valence-corrected chi connectivity index (χ0v) is 20.5. The van der Waals surface area contributed by atoms with E-state index in [0.29, 0.717) is 6.54 Å². The number of fused-ring (bicyclic) bond motifs is 1. The molecule has 0 saturated carbocycles. The minimum Gasteiger partial charge on any atom is -0.361 e. The van der Waals surface area contributed by atoms with Crippen LogP contribution in [0.15, 0.2) is 59.7 Å². The molecule has 162 valence electrons. The van der Waals surface area contributed by atoms with Crippen molar-refractivity contribution in [1.82, 2.24) is 15.6 Å². The maximum atomic E-state index is 11.4. The number of hydrogen-bond acceptors (Lipinski definition) is 3. The Hall–Kier alpha value is -2.07. The minimum absolute atomic E-state index is 0. The van der Waals surface area contributed by atoms with E-state index in [4.69, 9.17) is 0 Å². The lowest BCUT2D eigenvalue weighted by atomic mass is 10.1. The van der Waals surface area contributed by atoms with Gasteiger partial charge in [0.15, 0.2) is 15.8 Å². The van der Waals surface area contributed by atoms with Gasteiger partial charge in [0.1, 0.15) is 0 Å². The van der Waals surface area contributed by atoms with Crippen molar-refractivity contribution in [3.63, 3.8) is 0 Å². The molecule has 0 aliphatic rings. The van der Waals surface area contributed by atoms with Gasteiger partial charge in [0, 0.05) is 36.4 Å². The lowest BCUT2D eigenvalue weighted by Gasteiger charge is -2.11. The third kappa shape index (κ3) is 7.32. The second kappa shape index (κ2) is 11.4. The number of aliphatic imine (C=N–C) groups is 1. The van der Waals surface area contributed by atoms with Gasteiger partial charge in [-0.15, -0.1) is 24.0 Å². The first kappa shape index (κ1) is 24.2. The molecule has 8 heteroatoms. The SMILES string of the molecule is CCNC(=NCc1ccc(CS(C)(=O)=O)cc1)NCCc1c[nH]c2ccccc12.I. The van der Waals surface area contributed by atoms with Gasteiger partial charge in [0.25, 0.3) is 0 Å². The van der Waals surface area contributed by atoms with Gasteiger partial charge in [-0.2, -0.15) is 0 Å². The van der Waals surface area contributed by atoms with Crippen LogP contribution in [0, 0.1) is 0 Å². The fourth-order valence-electron chi connectivity index (χ4n) is 3.21. The summed E-state index contributed by atoms with van der Waals surface area (Å²) in [6.07, 6.45) is 4.21. The summed E-state index contributed by atoms with van der Waals surface area (Å²) in [5.74, 6) is 0.835. The van der Waals surface area contributed by atoms with Gasteiger partial charge in [0.05, 0.1) is 12.3 Å². The Kier molecular flexibility index (Phi) is 9.16. The topological polar surface area (TPSA) is 86.3 Å². The summed E-state index contributed by atoms with van der Waals surface area (Å²) in [5, 5.41) is 7.90. The van der Waals surface area contributed by atoms with Gasteiger partial charge in [-0.3, -0.25) is 0 Å². The number of para-hydroxylation sites is 1. The lowest BCUT2D eigenvalue weighted by Crippen LogP contribution is -2.38. The molecule has 0 radical (unpaired) electrons. The smallest absolute Gasteiger partial charge is 0.191 e. The standard InChI is InChI=1S/C22H28N4O2S.HI/c1-3-23-22(24-13-12-19-15-25-21-7-5-4-6-20(19)21)26-14-17-8-10-18(11-9-17)16-29(2,27)28;/h4-11,15,25H,3,12-14,16H2,1-2H3,(H2,23,24,26);1H. The highest BCUT2D eigenvalue weighted by atomic mass is 127. The van der Waals surface area contributed by atoms with Crippen LogP contribution in [-0.2, 0) is 28.6 Å². The van der Waals surface area contributed by atoms with E-state index < -0.39 is 9.84 Å². The third-order valence-corrected chi connectivity index (χ3v) is 5.44. The molecule has 6 nitrogen and oxygen atoms in total. The van der Waals surface area contributed by atoms with Crippen LogP contribution in [0.5, 0.6) is 0 Å². The molecule has 0 aliphatic heterocycles. The van der Waals surface area contributed by atoms with Crippen LogP contribution in [0.2, 0.25) is 0 Å². The van der Waals surface area contributed by atoms with Crippen molar-refractivity contribution >= 4 is 50.7 Å². The van der Waals surface area contributed by atoms with Crippen LogP contribution in [0.3, 0.4) is 0 Å². The monoisotopic (exact) mass is 540 g/mol. The molecule has 30 heavy (non-hydrogen) atoms. The van der Waals surface area contributed by atoms with Crippen molar-refractivity contribution in [2.75, 3.05) is 19.3 Å². The Labute approximate surface area is 195 Å². The van der Waals surface area contributed by atoms with Gasteiger partial charge in [-0.1, -0.05) is 42.5 Å². The average Bonchev–Trinajstić information content (AvgIpc) is 3.09. The Bertz CT molecular complexity index is 1080. The molecule has 0 unspecified atom stereocenters. The zero-order valence-electron chi connectivity index (χ0n) is 17.3. The molecule has 0 saturated heterocycles. The van der Waals surface area contributed by atoms with Gasteiger partial charge in [0.2, 0.25) is 0 Å². The quantitative estimate of drug-likeness (QED) is 0.232. The van der Waals surface area contributed by atoms with Crippen molar-refractivity contribution in [3.05, 3.63) is 71.4 Å². The number of halogens is 1. The third-order valence-electron chi connectivity index (χ3n) is 4.58. The average molecular weight is 540 g/mol. The van der Waals surface area contributed by atoms with Crippen molar-refractivity contribution in [2.24, 2.45) is 4.99 Å². The largest absolute Gasteiger partial charge is 0.361 e. The Morgan fingerprint density at radius 2 is 1.73 bits per heavy atom. The molecule has 0 aliphatic carbocycles. The van der Waals surface area contributed by atoms with E-state index in [-0.39, 0.29) is 29.7 Å². The predicted octanol–water partition coefficient (Wildman–Crippen LogP) is 3.63. The van der Waals surface area contributed by atoms with E-state index in [1.54, 1.807) is 0 Å². The van der Waals surface area contributed by atoms with E-state index in [1.807, 2.05) is 37.3 Å². The maximum Gasteiger partial charge on any atom is 0.191 e. The summed E-state index contributed by atoms with van der Waals surface area (Å²) in [6, 6.07) is 15.9. The number of guanidine groups is 1. The Balaban J connectivity index is 0.00000320. The minimum atomic E-state index is -3.02. The first-order valence-corrected chi connectivity index (χ1v) is 11.8. The molecule has 0 atom stereocenters. The van der Waals surface area contributed by atoms with Crippen LogP contribution < -0.4 is 10.6 Å². The summed E-state index contributed by atoms with van der Waals surface area (Å²) < 4.78 is 22.8. The number of aromatic nitrogens is 1. The normalized spacial score (nSPS) is 11.9. The fraction of sp³-hybridized carbons (Fsp3) is 0.318. The second-order valence-electron chi connectivity index (χ2n) is 7.12. The summed E-state index contributed by atoms with van der Waals surface area (Å²) in [6.45, 7) is 4.13. The molecule has 2 aromatic carbocycles. The molecule has 3 rings (SSSR count). The van der Waals surface area contributed by atoms with Gasteiger partial charge < -0.3 is 15.6 Å². The van der Waals surface area contributed by atoms with Crippen molar-refractivity contribution in [3.8, 4) is 0 Å². The number of H-pyrrole nitrogens is 1. The second-order valence-corrected chi connectivity index (χ2v) is 9.26. The summed E-state index contributed by atoms with van der Waals surface area (Å²) >= 11 is 0. The van der Waals surface area contributed by atoms with Crippen LogP contribution in [0.4, 0.5) is 0 Å².